The summed E-state index contributed by atoms with van der Waals surface area (Å²) >= 11 is 6.38. The molecule has 0 aromatic carbocycles. The van der Waals surface area contributed by atoms with Crippen molar-refractivity contribution in [2.24, 2.45) is 5.92 Å². The van der Waals surface area contributed by atoms with E-state index < -0.39 is 0 Å². The van der Waals surface area contributed by atoms with Gasteiger partial charge in [-0.1, -0.05) is 12.8 Å². The van der Waals surface area contributed by atoms with Crippen molar-refractivity contribution in [3.63, 3.8) is 0 Å². The third kappa shape index (κ3) is 4.27. The van der Waals surface area contributed by atoms with E-state index in [-0.39, 0.29) is 6.10 Å². The van der Waals surface area contributed by atoms with Gasteiger partial charge >= 0.3 is 0 Å². The number of rotatable bonds is 5. The van der Waals surface area contributed by atoms with Crippen LogP contribution >= 0.6 is 11.6 Å². The highest BCUT2D eigenvalue weighted by molar-refractivity contribution is 6.20. The zero-order valence-corrected chi connectivity index (χ0v) is 12.5. The predicted molar refractivity (Wildman–Crippen MR) is 80.1 cm³/mol. The lowest BCUT2D eigenvalue weighted by atomic mass is 9.89. The summed E-state index contributed by atoms with van der Waals surface area (Å²) in [5.74, 6) is 2.18. The summed E-state index contributed by atoms with van der Waals surface area (Å²) in [7, 11) is 0. The maximum Gasteiger partial charge on any atom is 0.168 e. The normalized spacial score (nSPS) is 23.4. The van der Waals surface area contributed by atoms with E-state index in [4.69, 9.17) is 16.3 Å². The Morgan fingerprint density at radius 3 is 2.95 bits per heavy atom. The number of anilines is 1. The fraction of sp³-hybridized carbons (Fsp3) is 0.667. The van der Waals surface area contributed by atoms with E-state index in [2.05, 4.69) is 10.3 Å². The summed E-state index contributed by atoms with van der Waals surface area (Å²) in [5, 5.41) is 3.69. The van der Waals surface area contributed by atoms with Crippen LogP contribution in [0.3, 0.4) is 0 Å². The standard InChI is InChI=1S/C15H23ClN2O/c1-11(2)19-14-8-5-9-17-15(14)18-10-12-6-3-4-7-13(12)16/h5,8-9,11-13H,3-4,6-7,10H2,1-2H3,(H,17,18). The number of hydrogen-bond acceptors (Lipinski definition) is 3. The van der Waals surface area contributed by atoms with Crippen LogP contribution in [0.4, 0.5) is 5.82 Å². The maximum absolute atomic E-state index is 6.38. The number of ether oxygens (including phenoxy) is 1. The van der Waals surface area contributed by atoms with Gasteiger partial charge in [0.1, 0.15) is 0 Å². The fourth-order valence-corrected chi connectivity index (χ4v) is 2.86. The molecule has 0 aliphatic heterocycles. The van der Waals surface area contributed by atoms with Gasteiger partial charge in [0.25, 0.3) is 0 Å². The van der Waals surface area contributed by atoms with E-state index in [1.807, 2.05) is 26.0 Å². The van der Waals surface area contributed by atoms with Crippen molar-refractivity contribution in [1.82, 2.24) is 4.98 Å². The van der Waals surface area contributed by atoms with Crippen molar-refractivity contribution in [2.75, 3.05) is 11.9 Å². The minimum atomic E-state index is 0.153. The Kier molecular flexibility index (Phi) is 5.32. The van der Waals surface area contributed by atoms with Gasteiger partial charge in [-0.05, 0) is 44.7 Å². The lowest BCUT2D eigenvalue weighted by molar-refractivity contribution is 0.242. The topological polar surface area (TPSA) is 34.1 Å². The molecule has 2 rings (SSSR count). The molecule has 0 bridgehead atoms. The fourth-order valence-electron chi connectivity index (χ4n) is 2.49. The van der Waals surface area contributed by atoms with E-state index in [1.165, 1.54) is 19.3 Å². The van der Waals surface area contributed by atoms with Crippen LogP contribution < -0.4 is 10.1 Å². The predicted octanol–water partition coefficient (Wildman–Crippen LogP) is 4.08. The van der Waals surface area contributed by atoms with Crippen LogP contribution in [0.5, 0.6) is 5.75 Å². The summed E-state index contributed by atoms with van der Waals surface area (Å²) in [6, 6.07) is 3.85. The van der Waals surface area contributed by atoms with Crippen LogP contribution in [-0.4, -0.2) is 23.0 Å². The van der Waals surface area contributed by atoms with Crippen molar-refractivity contribution in [1.29, 1.82) is 0 Å². The molecule has 0 spiro atoms. The molecule has 2 atom stereocenters. The van der Waals surface area contributed by atoms with E-state index in [0.717, 1.165) is 24.5 Å². The Balaban J connectivity index is 1.94. The van der Waals surface area contributed by atoms with Gasteiger partial charge in [0.15, 0.2) is 11.6 Å². The monoisotopic (exact) mass is 282 g/mol. The zero-order valence-electron chi connectivity index (χ0n) is 11.7. The number of alkyl halides is 1. The van der Waals surface area contributed by atoms with Crippen LogP contribution in [0.15, 0.2) is 18.3 Å². The molecular formula is C15H23ClN2O. The van der Waals surface area contributed by atoms with Crippen molar-refractivity contribution in [2.45, 2.75) is 51.0 Å². The quantitative estimate of drug-likeness (QED) is 0.827. The lowest BCUT2D eigenvalue weighted by Crippen LogP contribution is -2.27. The molecule has 0 radical (unpaired) electrons. The molecule has 1 N–H and O–H groups in total. The van der Waals surface area contributed by atoms with E-state index in [1.54, 1.807) is 6.20 Å². The molecule has 0 saturated heterocycles. The molecule has 4 heteroatoms. The van der Waals surface area contributed by atoms with Gasteiger partial charge in [-0.25, -0.2) is 4.98 Å². The zero-order chi connectivity index (χ0) is 13.7. The first-order valence-electron chi connectivity index (χ1n) is 7.16. The summed E-state index contributed by atoms with van der Waals surface area (Å²) in [6.07, 6.45) is 6.82. The van der Waals surface area contributed by atoms with E-state index in [0.29, 0.717) is 11.3 Å². The van der Waals surface area contributed by atoms with Crippen LogP contribution in [0.1, 0.15) is 39.5 Å². The van der Waals surface area contributed by atoms with Gasteiger partial charge in [-0.3, -0.25) is 0 Å². The average Bonchev–Trinajstić information content (AvgIpc) is 2.39. The van der Waals surface area contributed by atoms with Gasteiger partial charge in [-0.15, -0.1) is 11.6 Å². The van der Waals surface area contributed by atoms with E-state index in [9.17, 15) is 0 Å². The second-order valence-electron chi connectivity index (χ2n) is 5.46. The second-order valence-corrected chi connectivity index (χ2v) is 6.02. The molecule has 2 unspecified atom stereocenters. The Bertz CT molecular complexity index is 397. The number of hydrogen-bond donors (Lipinski definition) is 1. The summed E-state index contributed by atoms with van der Waals surface area (Å²) in [6.45, 7) is 4.92. The number of nitrogens with zero attached hydrogens (tertiary/aromatic N) is 1. The Hall–Kier alpha value is -0.960. The summed E-state index contributed by atoms with van der Waals surface area (Å²) in [5.41, 5.74) is 0. The first kappa shape index (κ1) is 14.4. The highest BCUT2D eigenvalue weighted by Crippen LogP contribution is 2.30. The molecule has 3 nitrogen and oxygen atoms in total. The van der Waals surface area contributed by atoms with Crippen molar-refractivity contribution < 1.29 is 4.74 Å². The van der Waals surface area contributed by atoms with Crippen LogP contribution in [0.25, 0.3) is 0 Å². The molecule has 1 aliphatic carbocycles. The number of pyridine rings is 1. The molecule has 1 aliphatic rings. The van der Waals surface area contributed by atoms with Crippen molar-refractivity contribution in [3.05, 3.63) is 18.3 Å². The van der Waals surface area contributed by atoms with Gasteiger partial charge in [0.05, 0.1) is 6.10 Å². The minimum Gasteiger partial charge on any atom is -0.487 e. The van der Waals surface area contributed by atoms with Crippen LogP contribution in [0.2, 0.25) is 0 Å². The smallest absolute Gasteiger partial charge is 0.168 e. The minimum absolute atomic E-state index is 0.153. The van der Waals surface area contributed by atoms with E-state index >= 15 is 0 Å². The van der Waals surface area contributed by atoms with Gasteiger partial charge < -0.3 is 10.1 Å². The van der Waals surface area contributed by atoms with Crippen LogP contribution in [-0.2, 0) is 0 Å². The highest BCUT2D eigenvalue weighted by Gasteiger charge is 2.23. The number of halogens is 1. The first-order chi connectivity index (χ1) is 9.16. The molecule has 19 heavy (non-hydrogen) atoms. The molecule has 0 amide bonds. The third-order valence-corrected chi connectivity index (χ3v) is 4.06. The lowest BCUT2D eigenvalue weighted by Gasteiger charge is -2.27. The Labute approximate surface area is 120 Å². The summed E-state index contributed by atoms with van der Waals surface area (Å²) < 4.78 is 5.75. The Morgan fingerprint density at radius 1 is 1.42 bits per heavy atom. The molecular weight excluding hydrogens is 260 g/mol. The third-order valence-electron chi connectivity index (χ3n) is 3.48. The largest absolute Gasteiger partial charge is 0.487 e. The molecule has 1 fully saturated rings. The SMILES string of the molecule is CC(C)Oc1cccnc1NCC1CCCCC1Cl. The molecule has 106 valence electrons. The molecule has 1 saturated carbocycles. The molecule has 1 aromatic heterocycles. The average molecular weight is 283 g/mol. The number of aromatic nitrogens is 1. The molecule has 1 heterocycles. The van der Waals surface area contributed by atoms with Crippen LogP contribution in [0, 0.1) is 5.92 Å². The summed E-state index contributed by atoms with van der Waals surface area (Å²) in [4.78, 5) is 4.36. The second kappa shape index (κ2) is 6.99. The van der Waals surface area contributed by atoms with Gasteiger partial charge in [0, 0.05) is 18.1 Å². The molecule has 1 aromatic rings. The Morgan fingerprint density at radius 2 is 2.21 bits per heavy atom. The van der Waals surface area contributed by atoms with Gasteiger partial charge in [0.2, 0.25) is 0 Å². The maximum atomic E-state index is 6.38. The van der Waals surface area contributed by atoms with Gasteiger partial charge in [-0.2, -0.15) is 0 Å². The first-order valence-corrected chi connectivity index (χ1v) is 7.60. The van der Waals surface area contributed by atoms with Crippen molar-refractivity contribution >= 4 is 17.4 Å². The number of nitrogens with one attached hydrogen (secondary N) is 1. The van der Waals surface area contributed by atoms with Crippen molar-refractivity contribution in [3.8, 4) is 5.75 Å². The highest BCUT2D eigenvalue weighted by atomic mass is 35.5.